The summed E-state index contributed by atoms with van der Waals surface area (Å²) in [6, 6.07) is 10.1. The predicted molar refractivity (Wildman–Crippen MR) is 77.8 cm³/mol. The highest BCUT2D eigenvalue weighted by atomic mass is 35.5. The fraction of sp³-hybridized carbons (Fsp3) is 0.286. The van der Waals surface area contributed by atoms with E-state index in [1.165, 1.54) is 10.4 Å². The maximum atomic E-state index is 5.93. The van der Waals surface area contributed by atoms with Crippen molar-refractivity contribution in [3.8, 4) is 5.75 Å². The second kappa shape index (κ2) is 6.23. The Bertz CT molecular complexity index is 495. The summed E-state index contributed by atoms with van der Waals surface area (Å²) in [6.45, 7) is 3.00. The van der Waals surface area contributed by atoms with E-state index >= 15 is 0 Å². The van der Waals surface area contributed by atoms with Gasteiger partial charge in [-0.1, -0.05) is 30.7 Å². The summed E-state index contributed by atoms with van der Waals surface area (Å²) in [4.78, 5) is 1.20. The highest BCUT2D eigenvalue weighted by molar-refractivity contribution is 7.10. The van der Waals surface area contributed by atoms with Crippen LogP contribution in [0.2, 0.25) is 5.02 Å². The lowest BCUT2D eigenvalue weighted by molar-refractivity contribution is 0.408. The minimum atomic E-state index is 0.155. The van der Waals surface area contributed by atoms with Crippen LogP contribution in [-0.4, -0.2) is 13.7 Å². The third-order valence-electron chi connectivity index (χ3n) is 2.75. The Hall–Kier alpha value is -1.03. The molecule has 0 spiro atoms. The summed E-state index contributed by atoms with van der Waals surface area (Å²) < 4.78 is 5.40. The number of thiophene rings is 1. The van der Waals surface area contributed by atoms with Gasteiger partial charge in [-0.05, 0) is 35.7 Å². The van der Waals surface area contributed by atoms with Crippen molar-refractivity contribution >= 4 is 22.9 Å². The zero-order chi connectivity index (χ0) is 13.0. The Balaban J connectivity index is 2.36. The SMILES string of the molecule is CCNC(c1ccc(Cl)cc1)c1sccc1OC. The number of ether oxygens (including phenoxy) is 1. The molecule has 0 fully saturated rings. The highest BCUT2D eigenvalue weighted by Gasteiger charge is 2.18. The molecule has 4 heteroatoms. The Labute approximate surface area is 117 Å². The van der Waals surface area contributed by atoms with Crippen molar-refractivity contribution in [3.63, 3.8) is 0 Å². The molecule has 0 aliphatic carbocycles. The number of benzene rings is 1. The van der Waals surface area contributed by atoms with Crippen molar-refractivity contribution in [3.05, 3.63) is 51.2 Å². The van der Waals surface area contributed by atoms with Crippen LogP contribution in [0.4, 0.5) is 0 Å². The number of halogens is 1. The van der Waals surface area contributed by atoms with E-state index < -0.39 is 0 Å². The van der Waals surface area contributed by atoms with Crippen LogP contribution in [0, 0.1) is 0 Å². The van der Waals surface area contributed by atoms with Gasteiger partial charge in [0.1, 0.15) is 5.75 Å². The van der Waals surface area contributed by atoms with Crippen molar-refractivity contribution < 1.29 is 4.74 Å². The number of hydrogen-bond donors (Lipinski definition) is 1. The Morgan fingerprint density at radius 1 is 1.28 bits per heavy atom. The molecule has 0 saturated carbocycles. The van der Waals surface area contributed by atoms with Gasteiger partial charge in [-0.2, -0.15) is 0 Å². The summed E-state index contributed by atoms with van der Waals surface area (Å²) in [5.41, 5.74) is 1.20. The van der Waals surface area contributed by atoms with E-state index in [1.54, 1.807) is 18.4 Å². The molecule has 0 amide bonds. The quantitative estimate of drug-likeness (QED) is 0.890. The van der Waals surface area contributed by atoms with Gasteiger partial charge in [0, 0.05) is 5.02 Å². The monoisotopic (exact) mass is 281 g/mol. The van der Waals surface area contributed by atoms with Gasteiger partial charge in [-0.15, -0.1) is 11.3 Å². The first-order valence-corrected chi connectivity index (χ1v) is 7.12. The van der Waals surface area contributed by atoms with Gasteiger partial charge in [0.15, 0.2) is 0 Å². The molecular weight excluding hydrogens is 266 g/mol. The summed E-state index contributed by atoms with van der Waals surface area (Å²) >= 11 is 7.64. The summed E-state index contributed by atoms with van der Waals surface area (Å²) in [7, 11) is 1.70. The van der Waals surface area contributed by atoms with E-state index in [2.05, 4.69) is 29.8 Å². The molecule has 0 radical (unpaired) electrons. The minimum absolute atomic E-state index is 0.155. The molecule has 0 saturated heterocycles. The lowest BCUT2D eigenvalue weighted by atomic mass is 10.1. The van der Waals surface area contributed by atoms with E-state index in [-0.39, 0.29) is 6.04 Å². The van der Waals surface area contributed by atoms with Gasteiger partial charge in [0.05, 0.1) is 18.0 Å². The summed E-state index contributed by atoms with van der Waals surface area (Å²) in [5.74, 6) is 0.931. The van der Waals surface area contributed by atoms with Gasteiger partial charge >= 0.3 is 0 Å². The molecule has 1 aromatic heterocycles. The summed E-state index contributed by atoms with van der Waals surface area (Å²) in [6.07, 6.45) is 0. The molecule has 2 rings (SSSR count). The fourth-order valence-corrected chi connectivity index (χ4v) is 3.00. The van der Waals surface area contributed by atoms with Crippen molar-refractivity contribution in [2.24, 2.45) is 0 Å². The topological polar surface area (TPSA) is 21.3 Å². The fourth-order valence-electron chi connectivity index (χ4n) is 1.91. The number of hydrogen-bond acceptors (Lipinski definition) is 3. The highest BCUT2D eigenvalue weighted by Crippen LogP contribution is 2.34. The Morgan fingerprint density at radius 3 is 2.61 bits per heavy atom. The smallest absolute Gasteiger partial charge is 0.134 e. The van der Waals surface area contributed by atoms with E-state index in [9.17, 15) is 0 Å². The molecule has 0 aliphatic heterocycles. The van der Waals surface area contributed by atoms with Crippen molar-refractivity contribution in [1.29, 1.82) is 0 Å². The number of nitrogens with one attached hydrogen (secondary N) is 1. The molecule has 1 aromatic carbocycles. The van der Waals surface area contributed by atoms with Gasteiger partial charge < -0.3 is 10.1 Å². The Morgan fingerprint density at radius 2 is 2.00 bits per heavy atom. The third-order valence-corrected chi connectivity index (χ3v) is 3.97. The average molecular weight is 282 g/mol. The standard InChI is InChI=1S/C14H16ClNOS/c1-3-16-13(10-4-6-11(15)7-5-10)14-12(17-2)8-9-18-14/h4-9,13,16H,3H2,1-2H3. The van der Waals surface area contributed by atoms with Crippen LogP contribution < -0.4 is 10.1 Å². The zero-order valence-corrected chi connectivity index (χ0v) is 12.0. The molecule has 0 aliphatic rings. The first kappa shape index (κ1) is 13.4. The molecule has 2 nitrogen and oxygen atoms in total. The van der Waals surface area contributed by atoms with Crippen LogP contribution in [0.5, 0.6) is 5.75 Å². The minimum Gasteiger partial charge on any atom is -0.496 e. The van der Waals surface area contributed by atoms with Crippen LogP contribution in [0.15, 0.2) is 35.7 Å². The molecule has 96 valence electrons. The van der Waals surface area contributed by atoms with Crippen molar-refractivity contribution in [2.75, 3.05) is 13.7 Å². The summed E-state index contributed by atoms with van der Waals surface area (Å²) in [5, 5.41) is 6.29. The van der Waals surface area contributed by atoms with Crippen molar-refractivity contribution in [2.45, 2.75) is 13.0 Å². The molecular formula is C14H16ClNOS. The molecule has 1 heterocycles. The van der Waals surface area contributed by atoms with Gasteiger partial charge in [-0.25, -0.2) is 0 Å². The lowest BCUT2D eigenvalue weighted by Crippen LogP contribution is -2.21. The van der Waals surface area contributed by atoms with E-state index in [0.717, 1.165) is 17.3 Å². The van der Waals surface area contributed by atoms with E-state index in [4.69, 9.17) is 16.3 Å². The number of methoxy groups -OCH3 is 1. The van der Waals surface area contributed by atoms with Crippen LogP contribution in [0.1, 0.15) is 23.4 Å². The van der Waals surface area contributed by atoms with Crippen molar-refractivity contribution in [1.82, 2.24) is 5.32 Å². The van der Waals surface area contributed by atoms with E-state index in [1.807, 2.05) is 18.2 Å². The molecule has 1 N–H and O–H groups in total. The third kappa shape index (κ3) is 2.86. The second-order valence-corrected chi connectivity index (χ2v) is 5.28. The molecule has 1 atom stereocenters. The lowest BCUT2D eigenvalue weighted by Gasteiger charge is -2.18. The van der Waals surface area contributed by atoms with Crippen LogP contribution in [-0.2, 0) is 0 Å². The first-order chi connectivity index (χ1) is 8.76. The average Bonchev–Trinajstić information content (AvgIpc) is 2.85. The first-order valence-electron chi connectivity index (χ1n) is 5.86. The molecule has 1 unspecified atom stereocenters. The molecule has 2 aromatic rings. The zero-order valence-electron chi connectivity index (χ0n) is 10.4. The molecule has 0 bridgehead atoms. The normalized spacial score (nSPS) is 12.4. The van der Waals surface area contributed by atoms with Crippen LogP contribution in [0.25, 0.3) is 0 Å². The maximum absolute atomic E-state index is 5.93. The largest absolute Gasteiger partial charge is 0.496 e. The van der Waals surface area contributed by atoms with Gasteiger partial charge in [0.2, 0.25) is 0 Å². The number of rotatable bonds is 5. The van der Waals surface area contributed by atoms with Crippen LogP contribution >= 0.6 is 22.9 Å². The second-order valence-electron chi connectivity index (χ2n) is 3.90. The predicted octanol–water partition coefficient (Wildman–Crippen LogP) is 4.11. The Kier molecular flexibility index (Phi) is 4.64. The van der Waals surface area contributed by atoms with E-state index in [0.29, 0.717) is 0 Å². The molecule has 18 heavy (non-hydrogen) atoms. The maximum Gasteiger partial charge on any atom is 0.134 e. The van der Waals surface area contributed by atoms with Crippen LogP contribution in [0.3, 0.4) is 0 Å². The van der Waals surface area contributed by atoms with Gasteiger partial charge in [0.25, 0.3) is 0 Å². The van der Waals surface area contributed by atoms with Gasteiger partial charge in [-0.3, -0.25) is 0 Å².